The molecule has 0 aromatic heterocycles. The molecule has 0 unspecified atom stereocenters. The van der Waals surface area contributed by atoms with E-state index in [4.69, 9.17) is 0 Å². The minimum atomic E-state index is 0.865. The summed E-state index contributed by atoms with van der Waals surface area (Å²) in [4.78, 5) is 0. The fourth-order valence-corrected chi connectivity index (χ4v) is 2.58. The molecule has 14 heavy (non-hydrogen) atoms. The zero-order valence-corrected chi connectivity index (χ0v) is 9.43. The Morgan fingerprint density at radius 3 is 2.36 bits per heavy atom. The lowest BCUT2D eigenvalue weighted by molar-refractivity contribution is 0.369. The van der Waals surface area contributed by atoms with Crippen LogP contribution < -0.4 is 5.32 Å². The zero-order chi connectivity index (χ0) is 9.64. The highest BCUT2D eigenvalue weighted by Gasteiger charge is 2.20. The van der Waals surface area contributed by atoms with Crippen LogP contribution in [0.4, 0.5) is 0 Å². The molecular formula is C13H25N. The first kappa shape index (κ1) is 10.5. The number of nitrogens with one attached hydrogen (secondary N) is 1. The van der Waals surface area contributed by atoms with Gasteiger partial charge < -0.3 is 5.32 Å². The van der Waals surface area contributed by atoms with E-state index in [1.807, 2.05) is 0 Å². The molecule has 0 atom stereocenters. The Balaban J connectivity index is 1.41. The number of rotatable bonds is 6. The van der Waals surface area contributed by atoms with Gasteiger partial charge in [-0.1, -0.05) is 44.9 Å². The van der Waals surface area contributed by atoms with E-state index >= 15 is 0 Å². The first-order chi connectivity index (χ1) is 6.95. The molecule has 2 aliphatic carbocycles. The molecule has 0 saturated heterocycles. The summed E-state index contributed by atoms with van der Waals surface area (Å²) in [5.74, 6) is 1.13. The van der Waals surface area contributed by atoms with Crippen molar-refractivity contribution in [2.24, 2.45) is 5.92 Å². The summed E-state index contributed by atoms with van der Waals surface area (Å²) in [5, 5.41) is 3.72. The van der Waals surface area contributed by atoms with Crippen LogP contribution in [-0.2, 0) is 0 Å². The number of unbranched alkanes of at least 4 members (excludes halogenated alkanes) is 1. The van der Waals surface area contributed by atoms with E-state index in [1.54, 1.807) is 0 Å². The fourth-order valence-electron chi connectivity index (χ4n) is 2.58. The average Bonchev–Trinajstić information content (AvgIpc) is 3.03. The highest BCUT2D eigenvalue weighted by molar-refractivity contribution is 4.74. The summed E-state index contributed by atoms with van der Waals surface area (Å²) < 4.78 is 0. The van der Waals surface area contributed by atoms with Crippen molar-refractivity contribution in [3.05, 3.63) is 0 Å². The van der Waals surface area contributed by atoms with E-state index in [9.17, 15) is 0 Å². The largest absolute Gasteiger partial charge is 0.314 e. The first-order valence-corrected chi connectivity index (χ1v) is 6.68. The van der Waals surface area contributed by atoms with Crippen molar-refractivity contribution in [2.45, 2.75) is 70.3 Å². The SMILES string of the molecule is C1CCC(NCCCCC2CC2)CC1. The molecule has 0 heterocycles. The summed E-state index contributed by atoms with van der Waals surface area (Å²) >= 11 is 0. The lowest BCUT2D eigenvalue weighted by Crippen LogP contribution is -2.31. The highest BCUT2D eigenvalue weighted by Crippen LogP contribution is 2.33. The van der Waals surface area contributed by atoms with Crippen molar-refractivity contribution in [1.82, 2.24) is 5.32 Å². The van der Waals surface area contributed by atoms with E-state index in [-0.39, 0.29) is 0 Å². The molecule has 2 aliphatic rings. The third-order valence-corrected chi connectivity index (χ3v) is 3.77. The molecule has 0 aromatic carbocycles. The summed E-state index contributed by atoms with van der Waals surface area (Å²) in [6.45, 7) is 1.28. The quantitative estimate of drug-likeness (QED) is 0.640. The lowest BCUT2D eigenvalue weighted by atomic mass is 9.95. The van der Waals surface area contributed by atoms with Gasteiger partial charge in [0.15, 0.2) is 0 Å². The van der Waals surface area contributed by atoms with Crippen molar-refractivity contribution in [3.8, 4) is 0 Å². The van der Waals surface area contributed by atoms with Crippen LogP contribution in [0.15, 0.2) is 0 Å². The predicted molar refractivity (Wildman–Crippen MR) is 61.5 cm³/mol. The van der Waals surface area contributed by atoms with Gasteiger partial charge in [0.25, 0.3) is 0 Å². The van der Waals surface area contributed by atoms with E-state index in [1.165, 1.54) is 70.8 Å². The number of hydrogen-bond donors (Lipinski definition) is 1. The minimum absolute atomic E-state index is 0.865. The Bertz CT molecular complexity index is 145. The fraction of sp³-hybridized carbons (Fsp3) is 1.00. The maximum absolute atomic E-state index is 3.72. The topological polar surface area (TPSA) is 12.0 Å². The van der Waals surface area contributed by atoms with Crippen molar-refractivity contribution < 1.29 is 0 Å². The second-order valence-electron chi connectivity index (χ2n) is 5.23. The summed E-state index contributed by atoms with van der Waals surface area (Å²) in [6, 6.07) is 0.865. The highest BCUT2D eigenvalue weighted by atomic mass is 14.9. The Morgan fingerprint density at radius 1 is 0.857 bits per heavy atom. The van der Waals surface area contributed by atoms with Crippen molar-refractivity contribution in [1.29, 1.82) is 0 Å². The van der Waals surface area contributed by atoms with Crippen LogP contribution in [0.3, 0.4) is 0 Å². The molecule has 0 spiro atoms. The summed E-state index contributed by atoms with van der Waals surface area (Å²) in [6.07, 6.45) is 14.7. The van der Waals surface area contributed by atoms with Gasteiger partial charge in [0.05, 0.1) is 0 Å². The standard InChI is InChI=1S/C13H25N/c1-2-7-13(8-3-1)14-11-5-4-6-12-9-10-12/h12-14H,1-11H2. The Hall–Kier alpha value is -0.0400. The molecule has 82 valence electrons. The Kier molecular flexibility index (Phi) is 4.30. The summed E-state index contributed by atoms with van der Waals surface area (Å²) in [7, 11) is 0. The molecule has 2 saturated carbocycles. The maximum atomic E-state index is 3.72. The van der Waals surface area contributed by atoms with Crippen LogP contribution in [0.2, 0.25) is 0 Å². The van der Waals surface area contributed by atoms with Crippen molar-refractivity contribution in [3.63, 3.8) is 0 Å². The van der Waals surface area contributed by atoms with E-state index in [0.717, 1.165) is 12.0 Å². The van der Waals surface area contributed by atoms with Gasteiger partial charge in [-0.25, -0.2) is 0 Å². The van der Waals surface area contributed by atoms with Gasteiger partial charge in [0.1, 0.15) is 0 Å². The molecular weight excluding hydrogens is 170 g/mol. The monoisotopic (exact) mass is 195 g/mol. The predicted octanol–water partition coefficient (Wildman–Crippen LogP) is 3.49. The molecule has 0 amide bonds. The van der Waals surface area contributed by atoms with Gasteiger partial charge in [-0.15, -0.1) is 0 Å². The van der Waals surface area contributed by atoms with Crippen LogP contribution in [0.25, 0.3) is 0 Å². The zero-order valence-electron chi connectivity index (χ0n) is 9.43. The molecule has 1 heteroatoms. The summed E-state index contributed by atoms with van der Waals surface area (Å²) in [5.41, 5.74) is 0. The number of hydrogen-bond acceptors (Lipinski definition) is 1. The molecule has 1 N–H and O–H groups in total. The van der Waals surface area contributed by atoms with E-state index in [0.29, 0.717) is 0 Å². The molecule has 0 bridgehead atoms. The van der Waals surface area contributed by atoms with Gasteiger partial charge in [-0.2, -0.15) is 0 Å². The van der Waals surface area contributed by atoms with E-state index in [2.05, 4.69) is 5.32 Å². The van der Waals surface area contributed by atoms with Gasteiger partial charge >= 0.3 is 0 Å². The second kappa shape index (κ2) is 5.75. The molecule has 0 aliphatic heterocycles. The molecule has 1 nitrogen and oxygen atoms in total. The van der Waals surface area contributed by atoms with Crippen molar-refractivity contribution in [2.75, 3.05) is 6.54 Å². The van der Waals surface area contributed by atoms with Crippen LogP contribution >= 0.6 is 0 Å². The smallest absolute Gasteiger partial charge is 0.00670 e. The average molecular weight is 195 g/mol. The van der Waals surface area contributed by atoms with Crippen LogP contribution in [0.5, 0.6) is 0 Å². The Labute approximate surface area is 88.7 Å². The normalized spacial score (nSPS) is 24.0. The third-order valence-electron chi connectivity index (χ3n) is 3.77. The maximum Gasteiger partial charge on any atom is 0.00670 e. The first-order valence-electron chi connectivity index (χ1n) is 6.68. The molecule has 2 fully saturated rings. The van der Waals surface area contributed by atoms with Crippen molar-refractivity contribution >= 4 is 0 Å². The van der Waals surface area contributed by atoms with Gasteiger partial charge in [0.2, 0.25) is 0 Å². The van der Waals surface area contributed by atoms with Crippen LogP contribution in [-0.4, -0.2) is 12.6 Å². The third kappa shape index (κ3) is 4.00. The second-order valence-corrected chi connectivity index (χ2v) is 5.23. The molecule has 2 rings (SSSR count). The molecule has 0 aromatic rings. The van der Waals surface area contributed by atoms with Gasteiger partial charge in [-0.05, 0) is 31.7 Å². The molecule has 0 radical (unpaired) electrons. The van der Waals surface area contributed by atoms with Gasteiger partial charge in [-0.3, -0.25) is 0 Å². The van der Waals surface area contributed by atoms with Crippen LogP contribution in [0.1, 0.15) is 64.2 Å². The van der Waals surface area contributed by atoms with E-state index < -0.39 is 0 Å². The van der Waals surface area contributed by atoms with Crippen LogP contribution in [0, 0.1) is 5.92 Å². The van der Waals surface area contributed by atoms with Gasteiger partial charge in [0, 0.05) is 6.04 Å². The minimum Gasteiger partial charge on any atom is -0.314 e. The lowest BCUT2D eigenvalue weighted by Gasteiger charge is -2.22. The Morgan fingerprint density at radius 2 is 1.64 bits per heavy atom.